The third kappa shape index (κ3) is 5.68. The summed E-state index contributed by atoms with van der Waals surface area (Å²) in [5, 5.41) is 0. The molecule has 8 heteroatoms. The van der Waals surface area contributed by atoms with Crippen LogP contribution in [0.3, 0.4) is 0 Å². The van der Waals surface area contributed by atoms with Gasteiger partial charge in [-0.1, -0.05) is 23.8 Å². The van der Waals surface area contributed by atoms with E-state index in [0.29, 0.717) is 25.1 Å². The first kappa shape index (κ1) is 23.8. The second-order valence-electron chi connectivity index (χ2n) is 8.90. The second kappa shape index (κ2) is 9.32. The van der Waals surface area contributed by atoms with Gasteiger partial charge in [-0.15, -0.1) is 0 Å². The molecule has 1 aliphatic heterocycles. The minimum atomic E-state index is -3.71. The molecule has 1 aromatic carbocycles. The van der Waals surface area contributed by atoms with Gasteiger partial charge >= 0.3 is 6.09 Å². The molecule has 0 aliphatic carbocycles. The van der Waals surface area contributed by atoms with Gasteiger partial charge in [-0.3, -0.25) is 4.90 Å². The Labute approximate surface area is 190 Å². The van der Waals surface area contributed by atoms with Crippen LogP contribution in [0.4, 0.5) is 4.79 Å². The van der Waals surface area contributed by atoms with E-state index >= 15 is 0 Å². The van der Waals surface area contributed by atoms with E-state index in [1.54, 1.807) is 64.4 Å². The fraction of sp³-hybridized carbons (Fsp3) is 0.417. The van der Waals surface area contributed by atoms with E-state index in [4.69, 9.17) is 9.47 Å². The van der Waals surface area contributed by atoms with Gasteiger partial charge in [0.25, 0.3) is 0 Å². The quantitative estimate of drug-likeness (QED) is 0.648. The summed E-state index contributed by atoms with van der Waals surface area (Å²) in [6.45, 7) is 7.25. The van der Waals surface area contributed by atoms with Crippen molar-refractivity contribution in [3.05, 3.63) is 64.8 Å². The smallest absolute Gasteiger partial charge is 0.414 e. The van der Waals surface area contributed by atoms with Gasteiger partial charge in [-0.05, 0) is 64.7 Å². The summed E-state index contributed by atoms with van der Waals surface area (Å²) < 4.78 is 37.1. The van der Waals surface area contributed by atoms with Crippen LogP contribution in [0, 0.1) is 6.92 Å². The van der Waals surface area contributed by atoms with E-state index in [2.05, 4.69) is 4.98 Å². The predicted molar refractivity (Wildman–Crippen MR) is 122 cm³/mol. The van der Waals surface area contributed by atoms with Crippen molar-refractivity contribution in [2.75, 3.05) is 7.11 Å². The zero-order valence-electron chi connectivity index (χ0n) is 19.2. The van der Waals surface area contributed by atoms with Crippen molar-refractivity contribution in [1.82, 2.24) is 9.88 Å². The van der Waals surface area contributed by atoms with Crippen LogP contribution in [-0.4, -0.2) is 43.1 Å². The molecular formula is C24H30N2O5S. The number of hydrogen-bond acceptors (Lipinski definition) is 6. The Balaban J connectivity index is 1.93. The number of rotatable bonds is 5. The first-order valence-corrected chi connectivity index (χ1v) is 12.0. The molecule has 0 fully saturated rings. The van der Waals surface area contributed by atoms with E-state index in [0.717, 1.165) is 11.1 Å². The summed E-state index contributed by atoms with van der Waals surface area (Å²) in [7, 11) is -2.16. The molecule has 1 atom stereocenters. The molecular weight excluding hydrogens is 428 g/mol. The van der Waals surface area contributed by atoms with Gasteiger partial charge in [-0.25, -0.2) is 18.2 Å². The van der Waals surface area contributed by atoms with E-state index in [-0.39, 0.29) is 15.8 Å². The molecule has 0 radical (unpaired) electrons. The highest BCUT2D eigenvalue weighted by molar-refractivity contribution is 7.95. The molecule has 0 spiro atoms. The first-order valence-electron chi connectivity index (χ1n) is 10.5. The fourth-order valence-electron chi connectivity index (χ4n) is 3.49. The number of carbonyl (C=O) groups excluding carboxylic acids is 1. The number of sulfone groups is 1. The second-order valence-corrected chi connectivity index (χ2v) is 10.9. The highest BCUT2D eigenvalue weighted by atomic mass is 32.2. The third-order valence-electron chi connectivity index (χ3n) is 5.16. The SMILES string of the molecule is COc1ccc(CC2CCC(S(=O)(=O)c3ccc(C)cc3)=CN2C(=O)OC(C)(C)C)cn1. The first-order chi connectivity index (χ1) is 15.0. The number of benzene rings is 1. The minimum absolute atomic E-state index is 0.205. The van der Waals surface area contributed by atoms with E-state index in [1.807, 2.05) is 13.0 Å². The monoisotopic (exact) mass is 458 g/mol. The lowest BCUT2D eigenvalue weighted by Gasteiger charge is -2.35. The highest BCUT2D eigenvalue weighted by Gasteiger charge is 2.34. The van der Waals surface area contributed by atoms with Crippen LogP contribution in [0.15, 0.2) is 58.6 Å². The number of pyridine rings is 1. The Bertz CT molecular complexity index is 1080. The van der Waals surface area contributed by atoms with Gasteiger partial charge in [-0.2, -0.15) is 0 Å². The molecule has 2 heterocycles. The van der Waals surface area contributed by atoms with Gasteiger partial charge in [0.1, 0.15) is 5.60 Å². The Kier molecular flexibility index (Phi) is 6.93. The van der Waals surface area contributed by atoms with Crippen LogP contribution in [0.5, 0.6) is 5.88 Å². The van der Waals surface area contributed by atoms with Gasteiger partial charge < -0.3 is 9.47 Å². The number of aryl methyl sites for hydroxylation is 1. The van der Waals surface area contributed by atoms with Crippen LogP contribution < -0.4 is 4.74 Å². The number of nitrogens with zero attached hydrogens (tertiary/aromatic N) is 2. The molecule has 0 saturated carbocycles. The van der Waals surface area contributed by atoms with Crippen molar-refractivity contribution in [3.63, 3.8) is 0 Å². The Morgan fingerprint density at radius 2 is 1.84 bits per heavy atom. The summed E-state index contributed by atoms with van der Waals surface area (Å²) in [4.78, 5) is 19.1. The van der Waals surface area contributed by atoms with Gasteiger partial charge in [0.15, 0.2) is 0 Å². The molecule has 7 nitrogen and oxygen atoms in total. The van der Waals surface area contributed by atoms with Crippen LogP contribution in [0.25, 0.3) is 0 Å². The standard InChI is InChI=1S/C24H30N2O5S/c1-17-6-10-20(11-7-17)32(28,29)21-12-9-19(14-18-8-13-22(30-5)25-15-18)26(16-21)23(27)31-24(2,3)4/h6-8,10-11,13,15-16,19H,9,12,14H2,1-5H3. The molecule has 2 aromatic rings. The maximum Gasteiger partial charge on any atom is 0.414 e. The molecule has 1 unspecified atom stereocenters. The number of hydrogen-bond donors (Lipinski definition) is 0. The zero-order chi connectivity index (χ0) is 23.5. The maximum atomic E-state index is 13.2. The molecule has 172 valence electrons. The summed E-state index contributed by atoms with van der Waals surface area (Å²) in [6, 6.07) is 10.1. The largest absolute Gasteiger partial charge is 0.481 e. The lowest BCUT2D eigenvalue weighted by Crippen LogP contribution is -2.43. The normalized spacial score (nSPS) is 17.0. The van der Waals surface area contributed by atoms with Crippen LogP contribution in [0.2, 0.25) is 0 Å². The molecule has 32 heavy (non-hydrogen) atoms. The predicted octanol–water partition coefficient (Wildman–Crippen LogP) is 4.66. The lowest BCUT2D eigenvalue weighted by atomic mass is 9.99. The van der Waals surface area contributed by atoms with Crippen molar-refractivity contribution >= 4 is 15.9 Å². The van der Waals surface area contributed by atoms with E-state index in [9.17, 15) is 13.2 Å². The fourth-order valence-corrected chi connectivity index (χ4v) is 4.92. The Morgan fingerprint density at radius 1 is 1.16 bits per heavy atom. The number of amides is 1. The number of carbonyl (C=O) groups is 1. The van der Waals surface area contributed by atoms with Crippen molar-refractivity contribution in [2.45, 2.75) is 63.5 Å². The van der Waals surface area contributed by atoms with Gasteiger partial charge in [0.2, 0.25) is 15.7 Å². The molecule has 1 aromatic heterocycles. The van der Waals surface area contributed by atoms with Crippen LogP contribution >= 0.6 is 0 Å². The average molecular weight is 459 g/mol. The summed E-state index contributed by atoms with van der Waals surface area (Å²) >= 11 is 0. The number of allylic oxidation sites excluding steroid dienone is 1. The summed E-state index contributed by atoms with van der Waals surface area (Å²) in [6.07, 6.45) is 3.92. The molecule has 0 bridgehead atoms. The average Bonchev–Trinajstić information content (AvgIpc) is 2.73. The van der Waals surface area contributed by atoms with Gasteiger partial charge in [0, 0.05) is 24.5 Å². The summed E-state index contributed by atoms with van der Waals surface area (Å²) in [5.74, 6) is 0.507. The van der Waals surface area contributed by atoms with Crippen molar-refractivity contribution < 1.29 is 22.7 Å². The van der Waals surface area contributed by atoms with Crippen molar-refractivity contribution in [1.29, 1.82) is 0 Å². The molecule has 1 aliphatic rings. The Morgan fingerprint density at radius 3 is 2.41 bits per heavy atom. The summed E-state index contributed by atoms with van der Waals surface area (Å²) in [5.41, 5.74) is 1.19. The van der Waals surface area contributed by atoms with Crippen molar-refractivity contribution in [2.24, 2.45) is 0 Å². The van der Waals surface area contributed by atoms with E-state index < -0.39 is 21.5 Å². The third-order valence-corrected chi connectivity index (χ3v) is 7.05. The Hall–Kier alpha value is -2.87. The van der Waals surface area contributed by atoms with Gasteiger partial charge in [0.05, 0.1) is 16.9 Å². The molecule has 3 rings (SSSR count). The minimum Gasteiger partial charge on any atom is -0.481 e. The highest BCUT2D eigenvalue weighted by Crippen LogP contribution is 2.31. The molecule has 0 saturated heterocycles. The number of aromatic nitrogens is 1. The number of methoxy groups -OCH3 is 1. The number of ether oxygens (including phenoxy) is 2. The zero-order valence-corrected chi connectivity index (χ0v) is 20.0. The van der Waals surface area contributed by atoms with Crippen LogP contribution in [0.1, 0.15) is 44.7 Å². The van der Waals surface area contributed by atoms with Crippen LogP contribution in [-0.2, 0) is 21.0 Å². The lowest BCUT2D eigenvalue weighted by molar-refractivity contribution is 0.0249. The molecule has 0 N–H and O–H groups in total. The molecule has 1 amide bonds. The topological polar surface area (TPSA) is 85.8 Å². The van der Waals surface area contributed by atoms with E-state index in [1.165, 1.54) is 11.1 Å². The van der Waals surface area contributed by atoms with Crippen molar-refractivity contribution in [3.8, 4) is 5.88 Å². The maximum absolute atomic E-state index is 13.2.